The summed E-state index contributed by atoms with van der Waals surface area (Å²) >= 11 is 4.24. The summed E-state index contributed by atoms with van der Waals surface area (Å²) in [5, 5.41) is 16.8. The maximum absolute atomic E-state index is 10.3. The first-order valence-electron chi connectivity index (χ1n) is 7.24. The standard InChI is InChI=1S/C9H10NO2.C9H8NO2.2Ac.I2.H2/c2*10-8(9(11)12)6-7-4-2-1-3-5-7;;;1-2;/h1-5,8,10H,6H2,(H,11,12);1-6,10H,(H,11,12);;;;1H/q2*-1;;;;/b;8-6-;;;;. The molecule has 0 aliphatic heterocycles. The summed E-state index contributed by atoms with van der Waals surface area (Å²) in [7, 11) is 0. The van der Waals surface area contributed by atoms with Gasteiger partial charge in [-0.25, -0.2) is 4.79 Å². The second kappa shape index (κ2) is 21.5. The third kappa shape index (κ3) is 17.0. The van der Waals surface area contributed by atoms with Crippen molar-refractivity contribution in [3.63, 3.8) is 0 Å². The maximum atomic E-state index is 10.3. The Labute approximate surface area is 261 Å². The molecule has 0 heterocycles. The van der Waals surface area contributed by atoms with E-state index in [4.69, 9.17) is 21.7 Å². The summed E-state index contributed by atoms with van der Waals surface area (Å²) in [5.74, 6) is -2.28. The van der Waals surface area contributed by atoms with Crippen molar-refractivity contribution in [3.05, 3.63) is 89.0 Å². The summed E-state index contributed by atoms with van der Waals surface area (Å²) in [6.07, 6.45) is 1.58. The Morgan fingerprint density at radius 1 is 0.964 bits per heavy atom. The number of carboxylic acids is 2. The van der Waals surface area contributed by atoms with Crippen LogP contribution in [-0.4, -0.2) is 28.2 Å². The number of hydrogen-bond acceptors (Lipinski definition) is 2. The van der Waals surface area contributed by atoms with Crippen LogP contribution in [0.2, 0.25) is 0 Å². The monoisotopic (exact) mass is 1040 g/mol. The molecular weight excluding hydrogens is 1020 g/mol. The van der Waals surface area contributed by atoms with Crippen molar-refractivity contribution in [2.24, 2.45) is 0 Å². The molecule has 0 bridgehead atoms. The van der Waals surface area contributed by atoms with E-state index in [2.05, 4.69) is 37.2 Å². The van der Waals surface area contributed by atoms with E-state index in [9.17, 15) is 9.59 Å². The Morgan fingerprint density at radius 2 is 1.39 bits per heavy atom. The van der Waals surface area contributed by atoms with Crippen molar-refractivity contribution >= 4 is 55.2 Å². The number of benzene rings is 2. The van der Waals surface area contributed by atoms with Crippen molar-refractivity contribution in [1.82, 2.24) is 0 Å². The van der Waals surface area contributed by atoms with Gasteiger partial charge in [0.25, 0.3) is 5.97 Å². The molecule has 1 unspecified atom stereocenters. The van der Waals surface area contributed by atoms with E-state index >= 15 is 0 Å². The molecule has 0 amide bonds. The molecule has 0 aliphatic rings. The molecule has 0 fully saturated rings. The zero-order valence-electron chi connectivity index (χ0n) is 14.8. The van der Waals surface area contributed by atoms with Gasteiger partial charge in [-0.3, -0.25) is 4.79 Å². The molecule has 4 N–H and O–H groups in total. The Balaban J connectivity index is -0.000000181. The van der Waals surface area contributed by atoms with Gasteiger partial charge >= 0.3 is 5.97 Å². The minimum Gasteiger partial charge on any atom is -0.693 e. The van der Waals surface area contributed by atoms with Crippen LogP contribution in [0.25, 0.3) is 17.5 Å². The van der Waals surface area contributed by atoms with E-state index in [1.165, 1.54) is 6.08 Å². The number of carbonyl (C=O) groups is 2. The predicted molar refractivity (Wildman–Crippen MR) is 122 cm³/mol. The number of carboxylic acid groups (broad SMARTS) is 2. The zero-order chi connectivity index (χ0) is 19.9. The smallest absolute Gasteiger partial charge is 0.312 e. The SMILES string of the molecule is II.[Ac].[Ac].[HH].[NH-]/C(=C\c1ccccc1)C(=O)O.[NH-]C(Cc1ccccc1)C(=O)O. The molecule has 0 saturated heterocycles. The normalized spacial score (nSPS) is 10.3. The molecule has 0 aromatic heterocycles. The first kappa shape index (κ1) is 33.9. The fourth-order valence-corrected chi connectivity index (χ4v) is 1.71. The first-order valence-corrected chi connectivity index (χ1v) is 13.5. The topological polar surface area (TPSA) is 122 Å². The van der Waals surface area contributed by atoms with Gasteiger partial charge in [0, 0.05) is 127 Å². The van der Waals surface area contributed by atoms with E-state index in [-0.39, 0.29) is 96.0 Å². The molecule has 0 spiro atoms. The van der Waals surface area contributed by atoms with E-state index in [0.717, 1.165) is 11.1 Å². The largest absolute Gasteiger partial charge is 0.693 e. The van der Waals surface area contributed by atoms with Gasteiger partial charge < -0.3 is 21.7 Å². The van der Waals surface area contributed by atoms with Crippen molar-refractivity contribution < 1.29 is 109 Å². The predicted octanol–water partition coefficient (Wildman–Crippen LogP) is 5.92. The third-order valence-corrected chi connectivity index (χ3v) is 2.92. The van der Waals surface area contributed by atoms with Crippen molar-refractivity contribution in [3.8, 4) is 0 Å². The summed E-state index contributed by atoms with van der Waals surface area (Å²) in [5.41, 5.74) is 15.4. The average Bonchev–Trinajstić information content (AvgIpc) is 2.65. The Hall–Kier alpha value is 1.22. The van der Waals surface area contributed by atoms with E-state index in [0.29, 0.717) is 0 Å². The zero-order valence-corrected chi connectivity index (χ0v) is 28.6. The van der Waals surface area contributed by atoms with Crippen LogP contribution in [-0.2, 0) is 16.0 Å². The summed E-state index contributed by atoms with van der Waals surface area (Å²) in [6.45, 7) is 0. The van der Waals surface area contributed by atoms with Crippen molar-refractivity contribution in [2.75, 3.05) is 0 Å². The second-order valence-corrected chi connectivity index (χ2v) is 4.85. The molecule has 2 aromatic rings. The van der Waals surface area contributed by atoms with Gasteiger partial charge in [0.2, 0.25) is 0 Å². The van der Waals surface area contributed by atoms with Gasteiger partial charge in [-0.1, -0.05) is 72.4 Å². The van der Waals surface area contributed by atoms with Crippen LogP contribution in [0.1, 0.15) is 12.6 Å². The van der Waals surface area contributed by atoms with E-state index in [1.54, 1.807) is 24.3 Å². The quantitative estimate of drug-likeness (QED) is 0.286. The minimum atomic E-state index is -1.21. The molecule has 1 atom stereocenters. The van der Waals surface area contributed by atoms with Gasteiger partial charge in [-0.05, 0) is 23.6 Å². The van der Waals surface area contributed by atoms with Gasteiger partial charge in [-0.2, -0.15) is 0 Å². The average molecular weight is 1040 g/mol. The Kier molecular flexibility index (Phi) is 25.9. The van der Waals surface area contributed by atoms with Crippen LogP contribution in [0, 0.1) is 88.1 Å². The Morgan fingerprint density at radius 3 is 1.79 bits per heavy atom. The minimum absolute atomic E-state index is 0. The molecule has 2 aromatic carbocycles. The first-order chi connectivity index (χ1) is 12.4. The fraction of sp³-hybridized carbons (Fsp3) is 0.111. The molecule has 148 valence electrons. The molecule has 0 aliphatic carbocycles. The number of nitrogens with one attached hydrogen (secondary N) is 2. The summed E-state index contributed by atoms with van der Waals surface area (Å²) < 4.78 is 0. The molecule has 6 nitrogen and oxygen atoms in total. The van der Waals surface area contributed by atoms with E-state index in [1.807, 2.05) is 36.4 Å². The molecule has 28 heavy (non-hydrogen) atoms. The van der Waals surface area contributed by atoms with Crippen LogP contribution in [0.5, 0.6) is 0 Å². The molecule has 0 saturated carbocycles. The van der Waals surface area contributed by atoms with Crippen LogP contribution in [0.3, 0.4) is 0 Å². The Bertz CT molecular complexity index is 712. The van der Waals surface area contributed by atoms with Crippen LogP contribution < -0.4 is 0 Å². The fourth-order valence-electron chi connectivity index (χ4n) is 1.71. The molecule has 2 rings (SSSR count). The van der Waals surface area contributed by atoms with Gasteiger partial charge in [0.1, 0.15) is 0 Å². The van der Waals surface area contributed by atoms with Gasteiger partial charge in [0.05, 0.1) is 0 Å². The maximum Gasteiger partial charge on any atom is 0.312 e. The molecule has 2 radical (unpaired) electrons. The molecule has 10 heteroatoms. The number of hydrogen-bond donors (Lipinski definition) is 2. The number of halogens is 2. The van der Waals surface area contributed by atoms with Gasteiger partial charge in [0.15, 0.2) is 0 Å². The van der Waals surface area contributed by atoms with Gasteiger partial charge in [-0.15, -0.1) is 0 Å². The van der Waals surface area contributed by atoms with Crippen molar-refractivity contribution in [1.29, 1.82) is 0 Å². The summed E-state index contributed by atoms with van der Waals surface area (Å²) in [4.78, 5) is 20.6. The summed E-state index contributed by atoms with van der Waals surface area (Å²) in [6, 6.07) is 17.1. The van der Waals surface area contributed by atoms with Crippen molar-refractivity contribution in [2.45, 2.75) is 12.5 Å². The van der Waals surface area contributed by atoms with Crippen LogP contribution in [0.15, 0.2) is 66.4 Å². The second-order valence-electron chi connectivity index (χ2n) is 4.85. The number of rotatable bonds is 5. The van der Waals surface area contributed by atoms with Crippen LogP contribution in [0.4, 0.5) is 0 Å². The third-order valence-electron chi connectivity index (χ3n) is 2.92. The number of aliphatic carboxylic acids is 2. The van der Waals surface area contributed by atoms with E-state index < -0.39 is 23.7 Å². The molecular formula is C18H20Ac2I2N2O4-2. The van der Waals surface area contributed by atoms with Crippen LogP contribution >= 0.6 is 37.2 Å².